The average molecular weight is 593 g/mol. The van der Waals surface area contributed by atoms with Crippen molar-refractivity contribution in [1.82, 2.24) is 0 Å². The predicted molar refractivity (Wildman–Crippen MR) is 166 cm³/mol. The topological polar surface area (TPSA) is 132 Å². The maximum atomic E-state index is 13.8. The largest absolute Gasteiger partial charge is 0.508 e. The highest BCUT2D eigenvalue weighted by atomic mass is 16.3. The van der Waals surface area contributed by atoms with Crippen LogP contribution in [0, 0.1) is 18.8 Å². The second kappa shape index (κ2) is 11.2. The molecule has 1 saturated carbocycles. The lowest BCUT2D eigenvalue weighted by Gasteiger charge is -2.46. The minimum atomic E-state index is -2.49. The summed E-state index contributed by atoms with van der Waals surface area (Å²) in [7, 11) is 0. The number of hydrogen-bond acceptors (Lipinski definition) is 7. The first-order valence-electron chi connectivity index (χ1n) is 15.2. The van der Waals surface area contributed by atoms with Crippen molar-refractivity contribution < 1.29 is 34.8 Å². The lowest BCUT2D eigenvalue weighted by molar-refractivity contribution is -0.147. The van der Waals surface area contributed by atoms with Crippen LogP contribution in [0.25, 0.3) is 16.9 Å². The molecule has 0 bridgehead atoms. The van der Waals surface area contributed by atoms with E-state index in [0.29, 0.717) is 5.56 Å². The van der Waals surface area contributed by atoms with Gasteiger partial charge in [-0.1, -0.05) is 60.2 Å². The zero-order valence-electron chi connectivity index (χ0n) is 24.9. The quantitative estimate of drug-likeness (QED) is 0.193. The number of aromatic hydroxyl groups is 1. The molecule has 3 atom stereocenters. The molecule has 3 aromatic rings. The number of carbonyl (C=O) groups excluding carboxylic acids is 3. The summed E-state index contributed by atoms with van der Waals surface area (Å²) >= 11 is 0. The molecular weight excluding hydrogens is 556 g/mol. The smallest absolute Gasteiger partial charge is 0.202 e. The van der Waals surface area contributed by atoms with Crippen molar-refractivity contribution in [2.24, 2.45) is 11.8 Å². The molecule has 0 radical (unpaired) electrons. The van der Waals surface area contributed by atoms with Gasteiger partial charge in [0.2, 0.25) is 5.78 Å². The molecule has 0 heterocycles. The van der Waals surface area contributed by atoms with Crippen LogP contribution in [0.4, 0.5) is 0 Å². The maximum Gasteiger partial charge on any atom is 0.202 e. The second-order valence-electron chi connectivity index (χ2n) is 12.5. The van der Waals surface area contributed by atoms with Crippen LogP contribution in [0.3, 0.4) is 0 Å². The fourth-order valence-electron chi connectivity index (χ4n) is 7.26. The fourth-order valence-corrected chi connectivity index (χ4v) is 7.26. The minimum absolute atomic E-state index is 0.103. The maximum absolute atomic E-state index is 13.8. The Balaban J connectivity index is 1.27. The molecule has 3 aliphatic carbocycles. The third kappa shape index (κ3) is 4.85. The normalized spacial score (nSPS) is 22.9. The zero-order chi connectivity index (χ0) is 31.3. The van der Waals surface area contributed by atoms with Gasteiger partial charge in [0, 0.05) is 17.9 Å². The van der Waals surface area contributed by atoms with Crippen LogP contribution in [-0.4, -0.2) is 43.4 Å². The van der Waals surface area contributed by atoms with E-state index in [-0.39, 0.29) is 36.1 Å². The third-order valence-electron chi connectivity index (χ3n) is 9.62. The number of phenolic OH excluding ortho intramolecular Hbond substituents is 1. The van der Waals surface area contributed by atoms with Gasteiger partial charge in [-0.2, -0.15) is 0 Å². The first kappa shape index (κ1) is 29.6. The SMILES string of the molecule is CC(=O)C1=C(O)[C@@]2(O)C(=O)C3=C(O)c4c(O)ccc(-c5ccc(CCCCc6ccc(C)cc6)cc5)c4C[C@H]3C[C@H]2CC1=O. The number of hydrogen-bond donors (Lipinski definition) is 4. The number of rotatable bonds is 7. The van der Waals surface area contributed by atoms with Gasteiger partial charge < -0.3 is 20.4 Å². The average Bonchev–Trinajstić information content (AvgIpc) is 2.98. The molecule has 4 N–H and O–H groups in total. The van der Waals surface area contributed by atoms with E-state index in [1.54, 1.807) is 6.07 Å². The van der Waals surface area contributed by atoms with Gasteiger partial charge in [0.1, 0.15) is 22.8 Å². The van der Waals surface area contributed by atoms with Crippen molar-refractivity contribution in [3.8, 4) is 16.9 Å². The number of allylic oxidation sites excluding steroid dienone is 1. The molecule has 0 spiro atoms. The molecule has 3 aliphatic rings. The first-order valence-corrected chi connectivity index (χ1v) is 15.2. The van der Waals surface area contributed by atoms with Gasteiger partial charge >= 0.3 is 0 Å². The number of Topliss-reactive ketones (excluding diaryl/α,β-unsaturated/α-hetero) is 3. The molecule has 226 valence electrons. The van der Waals surface area contributed by atoms with E-state index in [4.69, 9.17) is 0 Å². The van der Waals surface area contributed by atoms with Crippen LogP contribution in [0.5, 0.6) is 5.75 Å². The zero-order valence-corrected chi connectivity index (χ0v) is 24.9. The molecule has 0 unspecified atom stereocenters. The van der Waals surface area contributed by atoms with Crippen LogP contribution in [-0.2, 0) is 33.6 Å². The highest BCUT2D eigenvalue weighted by Gasteiger charge is 2.60. The Morgan fingerprint density at radius 1 is 0.864 bits per heavy atom. The Morgan fingerprint density at radius 3 is 2.09 bits per heavy atom. The Bertz CT molecular complexity index is 1740. The molecular formula is C37H36O7. The van der Waals surface area contributed by atoms with Gasteiger partial charge in [-0.15, -0.1) is 0 Å². The molecule has 7 nitrogen and oxygen atoms in total. The van der Waals surface area contributed by atoms with Crippen molar-refractivity contribution in [3.63, 3.8) is 0 Å². The van der Waals surface area contributed by atoms with E-state index >= 15 is 0 Å². The van der Waals surface area contributed by atoms with Gasteiger partial charge in [0.15, 0.2) is 17.2 Å². The monoisotopic (exact) mass is 592 g/mol. The lowest BCUT2D eigenvalue weighted by Crippen LogP contribution is -2.57. The van der Waals surface area contributed by atoms with Crippen molar-refractivity contribution in [2.45, 2.75) is 64.4 Å². The molecule has 3 aromatic carbocycles. The van der Waals surface area contributed by atoms with E-state index in [0.717, 1.165) is 43.7 Å². The molecule has 0 saturated heterocycles. The van der Waals surface area contributed by atoms with Crippen LogP contribution >= 0.6 is 0 Å². The number of aliphatic hydroxyl groups excluding tert-OH is 2. The number of benzene rings is 3. The first-order chi connectivity index (χ1) is 21.0. The van der Waals surface area contributed by atoms with E-state index < -0.39 is 51.9 Å². The molecule has 0 aliphatic heterocycles. The van der Waals surface area contributed by atoms with Crippen LogP contribution in [0.1, 0.15) is 60.4 Å². The summed E-state index contributed by atoms with van der Waals surface area (Å²) in [5, 5.41) is 44.5. The van der Waals surface area contributed by atoms with Crippen LogP contribution in [0.2, 0.25) is 0 Å². The molecule has 7 heteroatoms. The number of phenols is 1. The predicted octanol–water partition coefficient (Wildman–Crippen LogP) is 6.07. The molecule has 44 heavy (non-hydrogen) atoms. The number of fused-ring (bicyclic) bond motifs is 3. The Morgan fingerprint density at radius 2 is 1.48 bits per heavy atom. The Kier molecular flexibility index (Phi) is 7.54. The Labute approximate surface area is 256 Å². The van der Waals surface area contributed by atoms with Crippen molar-refractivity contribution in [3.05, 3.63) is 105 Å². The van der Waals surface area contributed by atoms with Gasteiger partial charge in [-0.25, -0.2) is 0 Å². The summed E-state index contributed by atoms with van der Waals surface area (Å²) in [5.41, 5.74) is 3.15. The third-order valence-corrected chi connectivity index (χ3v) is 9.62. The van der Waals surface area contributed by atoms with Crippen molar-refractivity contribution >= 4 is 23.1 Å². The highest BCUT2D eigenvalue weighted by Crippen LogP contribution is 2.53. The van der Waals surface area contributed by atoms with Gasteiger partial charge in [0.05, 0.1) is 5.56 Å². The lowest BCUT2D eigenvalue weighted by atomic mass is 9.59. The van der Waals surface area contributed by atoms with Crippen LogP contribution < -0.4 is 0 Å². The van der Waals surface area contributed by atoms with Crippen molar-refractivity contribution in [2.75, 3.05) is 0 Å². The molecule has 0 amide bonds. The fraction of sp³-hybridized carbons (Fsp3) is 0.324. The van der Waals surface area contributed by atoms with Crippen LogP contribution in [0.15, 0.2) is 77.6 Å². The summed E-state index contributed by atoms with van der Waals surface area (Å²) in [6.45, 7) is 3.18. The number of unbranched alkanes of at least 4 members (excludes halogenated alkanes) is 1. The molecule has 6 rings (SSSR count). The number of ketones is 3. The Hall–Kier alpha value is -4.49. The summed E-state index contributed by atoms with van der Waals surface area (Å²) in [6, 6.07) is 20.1. The summed E-state index contributed by atoms with van der Waals surface area (Å²) in [6.07, 6.45) is 4.31. The standard InChI is InChI=1S/C37H36O7/c1-20-7-9-22(10-8-20)5-3-4-6-23-11-13-24(14-12-23)27-15-16-29(39)33-28(27)18-25-17-26-19-30(40)31(21(2)38)35(42)37(26,44)36(43)32(25)34(33)41/h7-16,25-26,39,41-42,44H,3-6,17-19H2,1-2H3/t25-,26+,37-/m1/s1. The summed E-state index contributed by atoms with van der Waals surface area (Å²) in [4.78, 5) is 38.5. The van der Waals surface area contributed by atoms with E-state index in [9.17, 15) is 34.8 Å². The molecule has 1 fully saturated rings. The van der Waals surface area contributed by atoms with Gasteiger partial charge in [0.25, 0.3) is 0 Å². The van der Waals surface area contributed by atoms with Gasteiger partial charge in [-0.3, -0.25) is 14.4 Å². The van der Waals surface area contributed by atoms with E-state index in [1.807, 2.05) is 12.1 Å². The number of carbonyl (C=O) groups is 3. The molecule has 0 aromatic heterocycles. The second-order valence-corrected chi connectivity index (χ2v) is 12.5. The highest BCUT2D eigenvalue weighted by molar-refractivity contribution is 6.23. The van der Waals surface area contributed by atoms with E-state index in [1.165, 1.54) is 22.8 Å². The number of aliphatic hydroxyl groups is 3. The van der Waals surface area contributed by atoms with E-state index in [2.05, 4.69) is 43.3 Å². The number of aryl methyl sites for hydroxylation is 3. The van der Waals surface area contributed by atoms with Crippen molar-refractivity contribution in [1.29, 1.82) is 0 Å². The minimum Gasteiger partial charge on any atom is -0.508 e. The summed E-state index contributed by atoms with van der Waals surface area (Å²) in [5.74, 6) is -5.39. The summed E-state index contributed by atoms with van der Waals surface area (Å²) < 4.78 is 0. The van der Waals surface area contributed by atoms with Gasteiger partial charge in [-0.05, 0) is 92.2 Å².